The van der Waals surface area contributed by atoms with Crippen LogP contribution in [-0.2, 0) is 19.6 Å². The van der Waals surface area contributed by atoms with Crippen LogP contribution < -0.4 is 10.5 Å². The molecule has 2 aromatic carbocycles. The van der Waals surface area contributed by atoms with Gasteiger partial charge in [0.05, 0.1) is 6.54 Å². The number of fused-ring (bicyclic) bond motifs is 3. The Kier molecular flexibility index (Phi) is 5.63. The first-order valence-corrected chi connectivity index (χ1v) is 12.0. The molecule has 1 N–H and O–H groups in total. The van der Waals surface area contributed by atoms with Crippen molar-refractivity contribution in [3.05, 3.63) is 99.1 Å². The number of halogens is 1. The topological polar surface area (TPSA) is 112 Å². The molecule has 10 heteroatoms. The summed E-state index contributed by atoms with van der Waals surface area (Å²) in [5.41, 5.74) is 6.39. The van der Waals surface area contributed by atoms with E-state index in [-0.39, 0.29) is 6.61 Å². The molecule has 5 aromatic rings. The van der Waals surface area contributed by atoms with Gasteiger partial charge in [0, 0.05) is 36.0 Å². The minimum Gasteiger partial charge on any atom is -0.488 e. The fraction of sp³-hybridized carbons (Fsp3) is 0.222. The number of hydrogen-bond acceptors (Lipinski definition) is 7. The molecule has 0 fully saturated rings. The van der Waals surface area contributed by atoms with Crippen molar-refractivity contribution in [3.8, 4) is 5.75 Å². The number of imidazole rings is 1. The predicted octanol–water partition coefficient (Wildman–Crippen LogP) is 4.51. The maximum absolute atomic E-state index is 14.1. The number of nitrogens with one attached hydrogen (secondary N) is 1. The van der Waals surface area contributed by atoms with Crippen molar-refractivity contribution >= 4 is 22.4 Å². The van der Waals surface area contributed by atoms with Crippen molar-refractivity contribution in [2.24, 2.45) is 0 Å². The SMILES string of the molecule is CCCc1nc2nccnc2n1Cc1ccc2c(c1)COc1cc(F)ccc1/C2=C(/C)c1noc(=O)[nH]1. The first-order chi connectivity index (χ1) is 18.0. The van der Waals surface area contributed by atoms with Crippen molar-refractivity contribution in [2.75, 3.05) is 0 Å². The van der Waals surface area contributed by atoms with E-state index in [1.165, 1.54) is 12.1 Å². The summed E-state index contributed by atoms with van der Waals surface area (Å²) in [6.45, 7) is 4.77. The van der Waals surface area contributed by atoms with Crippen LogP contribution in [0.4, 0.5) is 4.39 Å². The number of aromatic amines is 1. The zero-order valence-corrected chi connectivity index (χ0v) is 20.3. The van der Waals surface area contributed by atoms with Crippen molar-refractivity contribution in [1.82, 2.24) is 29.7 Å². The summed E-state index contributed by atoms with van der Waals surface area (Å²) in [4.78, 5) is 27.8. The maximum Gasteiger partial charge on any atom is 0.439 e. The van der Waals surface area contributed by atoms with Crippen LogP contribution >= 0.6 is 0 Å². The fourth-order valence-electron chi connectivity index (χ4n) is 4.81. The van der Waals surface area contributed by atoms with Gasteiger partial charge in [0.1, 0.15) is 24.0 Å². The van der Waals surface area contributed by atoms with E-state index in [0.717, 1.165) is 46.6 Å². The fourth-order valence-corrected chi connectivity index (χ4v) is 4.81. The monoisotopic (exact) mass is 498 g/mol. The number of benzene rings is 2. The molecule has 4 heterocycles. The molecule has 0 aliphatic carbocycles. The molecule has 1 aliphatic heterocycles. The Bertz CT molecular complexity index is 1730. The summed E-state index contributed by atoms with van der Waals surface area (Å²) >= 11 is 0. The highest BCUT2D eigenvalue weighted by Gasteiger charge is 2.24. The number of allylic oxidation sites excluding steroid dienone is 1. The van der Waals surface area contributed by atoms with Crippen LogP contribution in [-0.4, -0.2) is 29.7 Å². The number of H-pyrrole nitrogens is 1. The standard InChI is InChI=1S/C27H23FN6O3/c1-3-4-22-31-25-26(30-10-9-29-25)34(22)13-16-5-7-19-17(11-16)14-36-21-12-18(28)6-8-20(21)23(19)15(2)24-32-27(35)37-33-24/h5-12H,3-4,13-14H2,1-2H3,(H,32,33,35)/b23-15-. The van der Waals surface area contributed by atoms with Crippen molar-refractivity contribution in [3.63, 3.8) is 0 Å². The van der Waals surface area contributed by atoms with Crippen LogP contribution in [0.25, 0.3) is 22.4 Å². The molecule has 186 valence electrons. The molecule has 0 saturated carbocycles. The van der Waals surface area contributed by atoms with E-state index in [4.69, 9.17) is 9.26 Å². The Morgan fingerprint density at radius 1 is 1.14 bits per heavy atom. The first kappa shape index (κ1) is 22.8. The second-order valence-electron chi connectivity index (χ2n) is 8.93. The summed E-state index contributed by atoms with van der Waals surface area (Å²) in [7, 11) is 0. The van der Waals surface area contributed by atoms with E-state index >= 15 is 0 Å². The number of aryl methyl sites for hydroxylation is 1. The summed E-state index contributed by atoms with van der Waals surface area (Å²) < 4.78 is 27.0. The van der Waals surface area contributed by atoms with E-state index in [0.29, 0.717) is 34.9 Å². The summed E-state index contributed by atoms with van der Waals surface area (Å²) in [6.07, 6.45) is 5.09. The molecule has 37 heavy (non-hydrogen) atoms. The molecular formula is C27H23FN6O3. The lowest BCUT2D eigenvalue weighted by Gasteiger charge is -2.15. The van der Waals surface area contributed by atoms with Gasteiger partial charge in [-0.3, -0.25) is 9.51 Å². The number of hydrogen-bond donors (Lipinski definition) is 1. The minimum absolute atomic E-state index is 0.248. The molecule has 1 aliphatic rings. The lowest BCUT2D eigenvalue weighted by atomic mass is 9.89. The van der Waals surface area contributed by atoms with Crippen LogP contribution in [0.5, 0.6) is 5.75 Å². The van der Waals surface area contributed by atoms with Crippen LogP contribution in [0, 0.1) is 5.82 Å². The van der Waals surface area contributed by atoms with Crippen molar-refractivity contribution in [1.29, 1.82) is 0 Å². The highest BCUT2D eigenvalue weighted by Crippen LogP contribution is 2.41. The Morgan fingerprint density at radius 3 is 2.78 bits per heavy atom. The summed E-state index contributed by atoms with van der Waals surface area (Å²) in [6, 6.07) is 10.6. The quantitative estimate of drug-likeness (QED) is 0.379. The molecule has 0 unspecified atom stereocenters. The summed E-state index contributed by atoms with van der Waals surface area (Å²) in [5, 5.41) is 3.87. The number of nitrogens with zero attached hydrogens (tertiary/aromatic N) is 5. The molecule has 0 amide bonds. The smallest absolute Gasteiger partial charge is 0.439 e. The van der Waals surface area contributed by atoms with Gasteiger partial charge in [0.2, 0.25) is 0 Å². The van der Waals surface area contributed by atoms with Gasteiger partial charge in [0.15, 0.2) is 17.1 Å². The normalized spacial score (nSPS) is 14.1. The van der Waals surface area contributed by atoms with Gasteiger partial charge in [-0.15, -0.1) is 0 Å². The highest BCUT2D eigenvalue weighted by atomic mass is 19.1. The molecule has 0 bridgehead atoms. The third-order valence-corrected chi connectivity index (χ3v) is 6.48. The molecular weight excluding hydrogens is 475 g/mol. The Labute approximate surface area is 210 Å². The van der Waals surface area contributed by atoms with Gasteiger partial charge in [-0.1, -0.05) is 24.2 Å². The minimum atomic E-state index is -0.645. The van der Waals surface area contributed by atoms with Crippen molar-refractivity contribution in [2.45, 2.75) is 39.8 Å². The highest BCUT2D eigenvalue weighted by molar-refractivity contribution is 5.99. The lowest BCUT2D eigenvalue weighted by molar-refractivity contribution is 0.305. The third-order valence-electron chi connectivity index (χ3n) is 6.48. The second-order valence-corrected chi connectivity index (χ2v) is 8.93. The molecule has 0 atom stereocenters. The zero-order chi connectivity index (χ0) is 25.5. The summed E-state index contributed by atoms with van der Waals surface area (Å²) in [5.74, 6) is 0.616. The van der Waals surface area contributed by atoms with Crippen LogP contribution in [0.15, 0.2) is 58.1 Å². The molecule has 0 spiro atoms. The van der Waals surface area contributed by atoms with Gasteiger partial charge >= 0.3 is 5.76 Å². The average Bonchev–Trinajstić information content (AvgIpc) is 3.44. The predicted molar refractivity (Wildman–Crippen MR) is 134 cm³/mol. The molecule has 9 nitrogen and oxygen atoms in total. The van der Waals surface area contributed by atoms with E-state index in [1.54, 1.807) is 18.5 Å². The molecule has 6 rings (SSSR count). The van der Waals surface area contributed by atoms with Gasteiger partial charge in [0.25, 0.3) is 0 Å². The van der Waals surface area contributed by atoms with E-state index in [1.807, 2.05) is 19.1 Å². The molecule has 0 saturated heterocycles. The van der Waals surface area contributed by atoms with Gasteiger partial charge in [-0.2, -0.15) is 0 Å². The largest absolute Gasteiger partial charge is 0.488 e. The molecule has 3 aromatic heterocycles. The Morgan fingerprint density at radius 2 is 1.97 bits per heavy atom. The maximum atomic E-state index is 14.1. The van der Waals surface area contributed by atoms with Crippen LogP contribution in [0.2, 0.25) is 0 Å². The molecule has 0 radical (unpaired) electrons. The van der Waals surface area contributed by atoms with E-state index in [9.17, 15) is 9.18 Å². The Balaban J connectivity index is 1.48. The average molecular weight is 499 g/mol. The number of rotatable bonds is 5. The van der Waals surface area contributed by atoms with Gasteiger partial charge in [-0.05, 0) is 53.8 Å². The van der Waals surface area contributed by atoms with Crippen LogP contribution in [0.3, 0.4) is 0 Å². The van der Waals surface area contributed by atoms with Gasteiger partial charge in [-0.25, -0.2) is 24.1 Å². The van der Waals surface area contributed by atoms with E-state index < -0.39 is 11.6 Å². The van der Waals surface area contributed by atoms with Crippen molar-refractivity contribution < 1.29 is 13.7 Å². The number of aromatic nitrogens is 6. The second kappa shape index (κ2) is 9.12. The third kappa shape index (κ3) is 4.10. The van der Waals surface area contributed by atoms with Crippen LogP contribution in [0.1, 0.15) is 54.2 Å². The Hall–Kier alpha value is -4.60. The lowest BCUT2D eigenvalue weighted by Crippen LogP contribution is -2.07. The van der Waals surface area contributed by atoms with Gasteiger partial charge < -0.3 is 9.30 Å². The number of ether oxygens (including phenoxy) is 1. The van der Waals surface area contributed by atoms with E-state index in [2.05, 4.69) is 42.6 Å². The zero-order valence-electron chi connectivity index (χ0n) is 20.3. The first-order valence-electron chi connectivity index (χ1n) is 12.0.